The number of ether oxygens (including phenoxy) is 3. The summed E-state index contributed by atoms with van der Waals surface area (Å²) in [6.07, 6.45) is -2.08. The van der Waals surface area contributed by atoms with Crippen LogP contribution < -0.4 is 5.73 Å². The van der Waals surface area contributed by atoms with Crippen LogP contribution in [0.15, 0.2) is 0 Å². The molecular formula is C13H23NO7. The van der Waals surface area contributed by atoms with E-state index in [1.807, 2.05) is 0 Å². The molecule has 0 aliphatic rings. The first-order chi connectivity index (χ1) is 9.47. The van der Waals surface area contributed by atoms with Gasteiger partial charge in [0.15, 0.2) is 6.10 Å². The van der Waals surface area contributed by atoms with E-state index in [-0.39, 0.29) is 12.8 Å². The lowest BCUT2D eigenvalue weighted by Gasteiger charge is -2.29. The van der Waals surface area contributed by atoms with Gasteiger partial charge < -0.3 is 25.1 Å². The number of methoxy groups -OCH3 is 2. The van der Waals surface area contributed by atoms with E-state index in [0.29, 0.717) is 0 Å². The van der Waals surface area contributed by atoms with Crippen LogP contribution >= 0.6 is 0 Å². The van der Waals surface area contributed by atoms with Gasteiger partial charge in [-0.25, -0.2) is 14.4 Å². The van der Waals surface area contributed by atoms with Crippen LogP contribution in [0.2, 0.25) is 0 Å². The van der Waals surface area contributed by atoms with Gasteiger partial charge in [0.1, 0.15) is 5.60 Å². The second kappa shape index (κ2) is 7.37. The number of hydrogen-bond acceptors (Lipinski definition) is 8. The fourth-order valence-electron chi connectivity index (χ4n) is 1.46. The number of rotatable bonds is 6. The molecule has 8 heteroatoms. The van der Waals surface area contributed by atoms with Crippen molar-refractivity contribution in [1.82, 2.24) is 0 Å². The zero-order valence-corrected chi connectivity index (χ0v) is 13.0. The van der Waals surface area contributed by atoms with Crippen LogP contribution in [-0.4, -0.2) is 54.5 Å². The molecule has 122 valence electrons. The van der Waals surface area contributed by atoms with Gasteiger partial charge in [0.25, 0.3) is 0 Å². The molecule has 0 radical (unpaired) electrons. The summed E-state index contributed by atoms with van der Waals surface area (Å²) in [4.78, 5) is 35.0. The maximum atomic E-state index is 12.1. The lowest BCUT2D eigenvalue weighted by atomic mass is 9.92. The Labute approximate surface area is 123 Å². The Morgan fingerprint density at radius 3 is 2.00 bits per heavy atom. The molecule has 0 saturated carbocycles. The number of carbonyl (C=O) groups is 3. The first kappa shape index (κ1) is 19.3. The largest absolute Gasteiger partial charge is 0.467 e. The van der Waals surface area contributed by atoms with E-state index in [1.165, 1.54) is 0 Å². The SMILES string of the molecule is COC(=O)C(O)CCC(N)(C(=O)OC)C(=O)OC(C)(C)C. The Bertz CT molecular complexity index is 402. The molecule has 0 saturated heterocycles. The Morgan fingerprint density at radius 2 is 1.62 bits per heavy atom. The third kappa shape index (κ3) is 5.68. The predicted octanol–water partition coefficient (Wildman–Crippen LogP) is -0.487. The van der Waals surface area contributed by atoms with Crippen LogP contribution in [0.4, 0.5) is 0 Å². The number of aliphatic hydroxyl groups is 1. The van der Waals surface area contributed by atoms with Crippen LogP contribution in [0.3, 0.4) is 0 Å². The van der Waals surface area contributed by atoms with E-state index < -0.39 is 35.2 Å². The number of esters is 3. The monoisotopic (exact) mass is 305 g/mol. The normalized spacial score (nSPS) is 15.6. The van der Waals surface area contributed by atoms with E-state index in [9.17, 15) is 19.5 Å². The molecule has 0 rings (SSSR count). The Balaban J connectivity index is 5.06. The van der Waals surface area contributed by atoms with Crippen molar-refractivity contribution in [1.29, 1.82) is 0 Å². The minimum Gasteiger partial charge on any atom is -0.467 e. The standard InChI is InChI=1S/C13H23NO7/c1-12(2,3)21-11(18)13(14,10(17)20-5)7-6-8(15)9(16)19-4/h8,15H,6-7,14H2,1-5H3. The summed E-state index contributed by atoms with van der Waals surface area (Å²) < 4.78 is 13.9. The molecule has 0 fully saturated rings. The first-order valence-corrected chi connectivity index (χ1v) is 6.34. The molecule has 8 nitrogen and oxygen atoms in total. The maximum Gasteiger partial charge on any atom is 0.338 e. The summed E-state index contributed by atoms with van der Waals surface area (Å²) in [6.45, 7) is 4.85. The van der Waals surface area contributed by atoms with Crippen LogP contribution in [0, 0.1) is 0 Å². The van der Waals surface area contributed by atoms with Crippen molar-refractivity contribution < 1.29 is 33.7 Å². The minimum absolute atomic E-state index is 0.252. The number of hydrogen-bond donors (Lipinski definition) is 2. The van der Waals surface area contributed by atoms with Crippen molar-refractivity contribution in [2.45, 2.75) is 50.9 Å². The molecular weight excluding hydrogens is 282 g/mol. The van der Waals surface area contributed by atoms with Gasteiger partial charge in [-0.1, -0.05) is 0 Å². The van der Waals surface area contributed by atoms with Crippen molar-refractivity contribution in [2.24, 2.45) is 5.73 Å². The number of nitrogens with two attached hydrogens (primary N) is 1. The van der Waals surface area contributed by atoms with Crippen molar-refractivity contribution >= 4 is 17.9 Å². The van der Waals surface area contributed by atoms with Crippen LogP contribution in [-0.2, 0) is 28.6 Å². The molecule has 0 aliphatic heterocycles. The number of aliphatic hydroxyl groups excluding tert-OH is 1. The molecule has 0 aliphatic carbocycles. The molecule has 3 N–H and O–H groups in total. The first-order valence-electron chi connectivity index (χ1n) is 6.34. The maximum absolute atomic E-state index is 12.1. The van der Waals surface area contributed by atoms with E-state index in [4.69, 9.17) is 10.5 Å². The Kier molecular flexibility index (Phi) is 6.78. The van der Waals surface area contributed by atoms with Gasteiger partial charge in [0, 0.05) is 0 Å². The highest BCUT2D eigenvalue weighted by molar-refractivity contribution is 6.04. The van der Waals surface area contributed by atoms with E-state index in [0.717, 1.165) is 14.2 Å². The summed E-state index contributed by atoms with van der Waals surface area (Å²) in [7, 11) is 2.18. The molecule has 2 unspecified atom stereocenters. The third-order valence-corrected chi connectivity index (χ3v) is 2.60. The van der Waals surface area contributed by atoms with Gasteiger partial charge in [-0.15, -0.1) is 0 Å². The van der Waals surface area contributed by atoms with Crippen LogP contribution in [0.5, 0.6) is 0 Å². The summed E-state index contributed by atoms with van der Waals surface area (Å²) >= 11 is 0. The van der Waals surface area contributed by atoms with E-state index in [2.05, 4.69) is 9.47 Å². The second-order valence-electron chi connectivity index (χ2n) is 5.54. The average Bonchev–Trinajstić information content (AvgIpc) is 2.40. The molecule has 0 bridgehead atoms. The molecule has 2 atom stereocenters. The van der Waals surface area contributed by atoms with Gasteiger partial charge in [0.05, 0.1) is 14.2 Å². The van der Waals surface area contributed by atoms with Gasteiger partial charge in [-0.2, -0.15) is 0 Å². The highest BCUT2D eigenvalue weighted by Gasteiger charge is 2.46. The summed E-state index contributed by atoms with van der Waals surface area (Å²) in [5.41, 5.74) is 2.83. The Morgan fingerprint density at radius 1 is 1.10 bits per heavy atom. The molecule has 0 amide bonds. The zero-order valence-electron chi connectivity index (χ0n) is 13.0. The molecule has 0 aromatic heterocycles. The minimum atomic E-state index is -2.10. The smallest absolute Gasteiger partial charge is 0.338 e. The highest BCUT2D eigenvalue weighted by atomic mass is 16.6. The molecule has 0 spiro atoms. The van der Waals surface area contributed by atoms with Gasteiger partial charge in [-0.05, 0) is 33.6 Å². The summed E-state index contributed by atoms with van der Waals surface area (Å²) in [5.74, 6) is -2.88. The van der Waals surface area contributed by atoms with Gasteiger partial charge in [-0.3, -0.25) is 0 Å². The van der Waals surface area contributed by atoms with E-state index in [1.54, 1.807) is 20.8 Å². The Hall–Kier alpha value is -1.67. The van der Waals surface area contributed by atoms with Crippen molar-refractivity contribution in [3.05, 3.63) is 0 Å². The fraction of sp³-hybridized carbons (Fsp3) is 0.769. The van der Waals surface area contributed by atoms with Crippen molar-refractivity contribution in [2.75, 3.05) is 14.2 Å². The molecule has 0 aromatic carbocycles. The van der Waals surface area contributed by atoms with Gasteiger partial charge in [0.2, 0.25) is 5.54 Å². The lowest BCUT2D eigenvalue weighted by Crippen LogP contribution is -2.58. The fourth-order valence-corrected chi connectivity index (χ4v) is 1.46. The topological polar surface area (TPSA) is 125 Å². The molecule has 0 heterocycles. The third-order valence-electron chi connectivity index (χ3n) is 2.60. The van der Waals surface area contributed by atoms with E-state index >= 15 is 0 Å². The summed E-state index contributed by atoms with van der Waals surface area (Å²) in [5, 5.41) is 9.52. The average molecular weight is 305 g/mol. The second-order valence-corrected chi connectivity index (χ2v) is 5.54. The number of carbonyl (C=O) groups excluding carboxylic acids is 3. The van der Waals surface area contributed by atoms with Gasteiger partial charge >= 0.3 is 17.9 Å². The van der Waals surface area contributed by atoms with Crippen LogP contribution in [0.25, 0.3) is 0 Å². The molecule has 21 heavy (non-hydrogen) atoms. The van der Waals surface area contributed by atoms with Crippen molar-refractivity contribution in [3.8, 4) is 0 Å². The highest BCUT2D eigenvalue weighted by Crippen LogP contribution is 2.20. The van der Waals surface area contributed by atoms with Crippen LogP contribution in [0.1, 0.15) is 33.6 Å². The lowest BCUT2D eigenvalue weighted by molar-refractivity contribution is -0.171. The predicted molar refractivity (Wildman–Crippen MR) is 72.0 cm³/mol. The quantitative estimate of drug-likeness (QED) is 0.382. The molecule has 0 aromatic rings. The summed E-state index contributed by atoms with van der Waals surface area (Å²) in [6, 6.07) is 0. The zero-order chi connectivity index (χ0) is 16.8. The van der Waals surface area contributed by atoms with Crippen molar-refractivity contribution in [3.63, 3.8) is 0 Å².